The van der Waals surface area contributed by atoms with E-state index in [1.807, 2.05) is 30.7 Å². The van der Waals surface area contributed by atoms with Gasteiger partial charge in [-0.15, -0.1) is 0 Å². The van der Waals surface area contributed by atoms with E-state index in [0.29, 0.717) is 16.7 Å². The molecule has 0 spiro atoms. The molecule has 2 aliphatic rings. The van der Waals surface area contributed by atoms with Gasteiger partial charge in [-0.3, -0.25) is 4.98 Å². The van der Waals surface area contributed by atoms with Crippen LogP contribution in [0.2, 0.25) is 0 Å². The maximum absolute atomic E-state index is 6.37. The number of anilines is 1. The van der Waals surface area contributed by atoms with Gasteiger partial charge < -0.3 is 18.9 Å². The molecule has 2 fully saturated rings. The molecule has 5 heterocycles. The Balaban J connectivity index is 0.918. The predicted molar refractivity (Wildman–Crippen MR) is 155 cm³/mol. The van der Waals surface area contributed by atoms with Gasteiger partial charge in [-0.25, -0.2) is 15.0 Å². The maximum atomic E-state index is 6.37. The summed E-state index contributed by atoms with van der Waals surface area (Å²) < 4.78 is 15.4. The lowest BCUT2D eigenvalue weighted by Crippen LogP contribution is -2.44. The molecular formula is C30H29BrN6O2. The van der Waals surface area contributed by atoms with E-state index in [1.165, 1.54) is 21.8 Å². The Hall–Kier alpha value is -3.56. The highest BCUT2D eigenvalue weighted by Crippen LogP contribution is 2.33. The van der Waals surface area contributed by atoms with Gasteiger partial charge in [0.25, 0.3) is 0 Å². The van der Waals surface area contributed by atoms with Gasteiger partial charge in [0.2, 0.25) is 5.88 Å². The van der Waals surface area contributed by atoms with Crippen LogP contribution >= 0.6 is 15.9 Å². The molecule has 9 heteroatoms. The first-order valence-corrected chi connectivity index (χ1v) is 14.2. The van der Waals surface area contributed by atoms with Crippen molar-refractivity contribution >= 4 is 43.6 Å². The highest BCUT2D eigenvalue weighted by Gasteiger charge is 2.35. The summed E-state index contributed by atoms with van der Waals surface area (Å²) in [6.07, 6.45) is 12.0. The fraction of sp³-hybridized carbons (Fsp3) is 0.333. The van der Waals surface area contributed by atoms with E-state index in [4.69, 9.17) is 9.47 Å². The summed E-state index contributed by atoms with van der Waals surface area (Å²) in [5, 5.41) is 2.39. The third kappa shape index (κ3) is 4.85. The number of fused-ring (bicyclic) bond motifs is 3. The number of halogens is 1. The van der Waals surface area contributed by atoms with Gasteiger partial charge in [0, 0.05) is 85.7 Å². The molecule has 1 saturated heterocycles. The lowest BCUT2D eigenvalue weighted by atomic mass is 9.91. The van der Waals surface area contributed by atoms with E-state index < -0.39 is 0 Å². The minimum Gasteiger partial charge on any atom is -0.474 e. The highest BCUT2D eigenvalue weighted by atomic mass is 79.9. The molecule has 1 aliphatic heterocycles. The summed E-state index contributed by atoms with van der Waals surface area (Å²) in [6, 6.07) is 14.6. The van der Waals surface area contributed by atoms with Crippen LogP contribution in [0, 0.1) is 0 Å². The highest BCUT2D eigenvalue weighted by molar-refractivity contribution is 9.10. The normalized spacial score (nSPS) is 19.9. The van der Waals surface area contributed by atoms with E-state index in [9.17, 15) is 0 Å². The monoisotopic (exact) mass is 584 g/mol. The van der Waals surface area contributed by atoms with Crippen LogP contribution < -0.4 is 9.64 Å². The quantitative estimate of drug-likeness (QED) is 0.229. The summed E-state index contributed by atoms with van der Waals surface area (Å²) >= 11 is 3.36. The van der Waals surface area contributed by atoms with E-state index in [-0.39, 0.29) is 12.2 Å². The van der Waals surface area contributed by atoms with Crippen molar-refractivity contribution in [3.05, 3.63) is 72.0 Å². The second kappa shape index (κ2) is 10.2. The Bertz CT molecular complexity index is 1620. The van der Waals surface area contributed by atoms with E-state index in [0.717, 1.165) is 55.7 Å². The standard InChI is InChI=1S/C30H29BrN6O2/c1-36-26-6-10-32-18-25(26)24-4-2-19(14-27(24)36)20-3-5-29(34-17-20)39-23-15-22(16-23)38-21-8-12-37(13-9-21)28-7-11-33-30(31)35-28/h2-7,10-11,14,17-18,21-23H,8-9,12-13,15-16H2,1H3. The Labute approximate surface area is 235 Å². The van der Waals surface area contributed by atoms with Crippen molar-refractivity contribution in [2.24, 2.45) is 7.05 Å². The molecule has 0 atom stereocenters. The summed E-state index contributed by atoms with van der Waals surface area (Å²) in [5.41, 5.74) is 4.58. The van der Waals surface area contributed by atoms with Gasteiger partial charge >= 0.3 is 0 Å². The number of benzene rings is 1. The van der Waals surface area contributed by atoms with Crippen LogP contribution in [0.3, 0.4) is 0 Å². The number of hydrogen-bond acceptors (Lipinski definition) is 7. The van der Waals surface area contributed by atoms with Crippen molar-refractivity contribution in [3.8, 4) is 17.0 Å². The van der Waals surface area contributed by atoms with Crippen molar-refractivity contribution in [3.63, 3.8) is 0 Å². The number of aromatic nitrogens is 5. The number of nitrogens with zero attached hydrogens (tertiary/aromatic N) is 6. The fourth-order valence-electron chi connectivity index (χ4n) is 5.74. The van der Waals surface area contributed by atoms with Gasteiger partial charge in [0.15, 0.2) is 4.73 Å². The van der Waals surface area contributed by atoms with Gasteiger partial charge in [0.05, 0.1) is 17.7 Å². The number of piperidine rings is 1. The van der Waals surface area contributed by atoms with Gasteiger partial charge in [-0.2, -0.15) is 0 Å². The molecule has 4 aromatic heterocycles. The van der Waals surface area contributed by atoms with Crippen molar-refractivity contribution in [2.45, 2.75) is 44.0 Å². The second-order valence-electron chi connectivity index (χ2n) is 10.4. The van der Waals surface area contributed by atoms with Crippen molar-refractivity contribution in [2.75, 3.05) is 18.0 Å². The number of ether oxygens (including phenoxy) is 2. The fourth-order valence-corrected chi connectivity index (χ4v) is 6.04. The van der Waals surface area contributed by atoms with E-state index >= 15 is 0 Å². The van der Waals surface area contributed by atoms with Crippen molar-refractivity contribution in [1.29, 1.82) is 0 Å². The predicted octanol–water partition coefficient (Wildman–Crippen LogP) is 5.94. The summed E-state index contributed by atoms with van der Waals surface area (Å²) in [6.45, 7) is 1.89. The van der Waals surface area contributed by atoms with Crippen LogP contribution in [0.15, 0.2) is 72.0 Å². The Morgan fingerprint density at radius 2 is 1.67 bits per heavy atom. The van der Waals surface area contributed by atoms with Crippen LogP contribution in [-0.2, 0) is 11.8 Å². The zero-order valence-electron chi connectivity index (χ0n) is 21.7. The Morgan fingerprint density at radius 1 is 0.821 bits per heavy atom. The Kier molecular flexibility index (Phi) is 6.40. The minimum atomic E-state index is 0.160. The topological polar surface area (TPSA) is 78.2 Å². The maximum Gasteiger partial charge on any atom is 0.213 e. The zero-order chi connectivity index (χ0) is 26.3. The third-order valence-corrected chi connectivity index (χ3v) is 8.36. The largest absolute Gasteiger partial charge is 0.474 e. The average Bonchev–Trinajstić information content (AvgIpc) is 3.24. The summed E-state index contributed by atoms with van der Waals surface area (Å²) in [4.78, 5) is 19.8. The summed E-state index contributed by atoms with van der Waals surface area (Å²) in [7, 11) is 2.10. The molecule has 0 unspecified atom stereocenters. The molecule has 7 rings (SSSR count). The first kappa shape index (κ1) is 24.5. The third-order valence-electron chi connectivity index (χ3n) is 7.98. The minimum absolute atomic E-state index is 0.160. The van der Waals surface area contributed by atoms with Crippen LogP contribution in [0.5, 0.6) is 5.88 Å². The molecule has 198 valence electrons. The molecule has 1 aliphatic carbocycles. The molecule has 39 heavy (non-hydrogen) atoms. The van der Waals surface area contributed by atoms with E-state index in [2.05, 4.69) is 82.7 Å². The Morgan fingerprint density at radius 3 is 2.46 bits per heavy atom. The zero-order valence-corrected chi connectivity index (χ0v) is 23.3. The number of rotatable bonds is 6. The van der Waals surface area contributed by atoms with Crippen molar-refractivity contribution in [1.82, 2.24) is 24.5 Å². The lowest BCUT2D eigenvalue weighted by molar-refractivity contribution is -0.102. The first-order chi connectivity index (χ1) is 19.1. The first-order valence-electron chi connectivity index (χ1n) is 13.4. The van der Waals surface area contributed by atoms with Gasteiger partial charge in [-0.05, 0) is 58.6 Å². The van der Waals surface area contributed by atoms with Gasteiger partial charge in [-0.1, -0.05) is 12.1 Å². The molecule has 0 amide bonds. The summed E-state index contributed by atoms with van der Waals surface area (Å²) in [5.74, 6) is 1.64. The van der Waals surface area contributed by atoms with E-state index in [1.54, 1.807) is 6.20 Å². The van der Waals surface area contributed by atoms with Crippen LogP contribution in [-0.4, -0.2) is 55.9 Å². The lowest BCUT2D eigenvalue weighted by Gasteiger charge is -2.39. The molecule has 1 aromatic carbocycles. The smallest absolute Gasteiger partial charge is 0.213 e. The van der Waals surface area contributed by atoms with Crippen molar-refractivity contribution < 1.29 is 9.47 Å². The molecule has 0 N–H and O–H groups in total. The van der Waals surface area contributed by atoms with Crippen LogP contribution in [0.1, 0.15) is 25.7 Å². The second-order valence-corrected chi connectivity index (χ2v) is 11.1. The molecule has 0 radical (unpaired) electrons. The molecule has 5 aromatic rings. The average molecular weight is 586 g/mol. The SMILES string of the molecule is Cn1c2ccncc2c2ccc(-c3ccc(OC4CC(OC5CCN(c6ccnc(Br)n6)CC5)C4)nc3)cc21. The molecule has 0 bridgehead atoms. The van der Waals surface area contributed by atoms with Crippen LogP contribution in [0.4, 0.5) is 5.82 Å². The van der Waals surface area contributed by atoms with Gasteiger partial charge in [0.1, 0.15) is 11.9 Å². The van der Waals surface area contributed by atoms with Crippen LogP contribution in [0.25, 0.3) is 32.9 Å². The number of aryl methyl sites for hydroxylation is 1. The number of hydrogen-bond donors (Lipinski definition) is 0. The molecular weight excluding hydrogens is 556 g/mol. The molecule has 1 saturated carbocycles. The number of pyridine rings is 2. The molecule has 8 nitrogen and oxygen atoms in total.